The number of nitrogens with one attached hydrogen (secondary N) is 2. The van der Waals surface area contributed by atoms with Crippen LogP contribution in [0.4, 0.5) is 11.6 Å². The Balaban J connectivity index is 1.24. The summed E-state index contributed by atoms with van der Waals surface area (Å²) in [5.74, 6) is 1.17. The standard InChI is InChI=1S/C26H28N6O3/c1-34-22-5-2-4-20(18-22)23-6-3-7-24-29-26(30-32(23)24)28-21-10-8-19(9-11-21)25(33)27-12-13-31-14-16-35-17-15-31/h2-11,18H,12-17H2,1H3,(H,27,33)(H,28,30). The van der Waals surface area contributed by atoms with Crippen LogP contribution in [0.3, 0.4) is 0 Å². The fraction of sp³-hybridized carbons (Fsp3) is 0.269. The van der Waals surface area contributed by atoms with Crippen LogP contribution in [0.25, 0.3) is 16.9 Å². The summed E-state index contributed by atoms with van der Waals surface area (Å²) < 4.78 is 12.5. The van der Waals surface area contributed by atoms with Crippen LogP contribution >= 0.6 is 0 Å². The molecule has 0 atom stereocenters. The average molecular weight is 473 g/mol. The maximum Gasteiger partial charge on any atom is 0.251 e. The first-order valence-corrected chi connectivity index (χ1v) is 11.7. The Morgan fingerprint density at radius 2 is 1.86 bits per heavy atom. The van der Waals surface area contributed by atoms with Gasteiger partial charge in [0, 0.05) is 43.0 Å². The van der Waals surface area contributed by atoms with Gasteiger partial charge in [-0.25, -0.2) is 4.52 Å². The van der Waals surface area contributed by atoms with Gasteiger partial charge < -0.3 is 20.1 Å². The monoisotopic (exact) mass is 472 g/mol. The molecular formula is C26H28N6O3. The molecule has 4 aromatic rings. The van der Waals surface area contributed by atoms with E-state index in [0.29, 0.717) is 18.1 Å². The first-order valence-electron chi connectivity index (χ1n) is 11.7. The van der Waals surface area contributed by atoms with E-state index in [1.165, 1.54) is 0 Å². The van der Waals surface area contributed by atoms with Gasteiger partial charge in [0.2, 0.25) is 5.95 Å². The fourth-order valence-corrected chi connectivity index (χ4v) is 4.05. The topological polar surface area (TPSA) is 93.0 Å². The molecule has 1 aliphatic rings. The molecule has 2 N–H and O–H groups in total. The highest BCUT2D eigenvalue weighted by Gasteiger charge is 2.12. The first-order chi connectivity index (χ1) is 17.2. The zero-order chi connectivity index (χ0) is 24.0. The number of anilines is 2. The van der Waals surface area contributed by atoms with Crippen molar-refractivity contribution < 1.29 is 14.3 Å². The van der Waals surface area contributed by atoms with Crippen molar-refractivity contribution in [2.75, 3.05) is 51.8 Å². The predicted octanol–water partition coefficient (Wildman–Crippen LogP) is 3.21. The van der Waals surface area contributed by atoms with Crippen molar-refractivity contribution in [1.29, 1.82) is 0 Å². The number of fused-ring (bicyclic) bond motifs is 1. The molecule has 180 valence electrons. The maximum absolute atomic E-state index is 12.5. The highest BCUT2D eigenvalue weighted by atomic mass is 16.5. The summed E-state index contributed by atoms with van der Waals surface area (Å²) >= 11 is 0. The van der Waals surface area contributed by atoms with E-state index in [0.717, 1.165) is 61.2 Å². The van der Waals surface area contributed by atoms with E-state index < -0.39 is 0 Å². The van der Waals surface area contributed by atoms with E-state index in [-0.39, 0.29) is 5.91 Å². The third kappa shape index (κ3) is 5.42. The molecule has 3 heterocycles. The fourth-order valence-electron chi connectivity index (χ4n) is 4.05. The summed E-state index contributed by atoms with van der Waals surface area (Å²) in [5.41, 5.74) is 4.03. The molecule has 1 amide bonds. The Hall–Kier alpha value is -3.95. The van der Waals surface area contributed by atoms with Crippen molar-refractivity contribution in [3.63, 3.8) is 0 Å². The van der Waals surface area contributed by atoms with Gasteiger partial charge in [-0.15, -0.1) is 5.10 Å². The van der Waals surface area contributed by atoms with Crippen molar-refractivity contribution in [1.82, 2.24) is 24.8 Å². The Morgan fingerprint density at radius 1 is 1.06 bits per heavy atom. The number of ether oxygens (including phenoxy) is 2. The molecule has 0 unspecified atom stereocenters. The Labute approximate surface area is 203 Å². The van der Waals surface area contributed by atoms with Gasteiger partial charge in [-0.1, -0.05) is 18.2 Å². The summed E-state index contributed by atoms with van der Waals surface area (Å²) in [7, 11) is 1.65. The molecule has 0 aliphatic carbocycles. The molecular weight excluding hydrogens is 444 g/mol. The quantitative estimate of drug-likeness (QED) is 0.407. The summed E-state index contributed by atoms with van der Waals surface area (Å²) in [6.07, 6.45) is 0. The number of morpholine rings is 1. The third-order valence-electron chi connectivity index (χ3n) is 5.95. The molecule has 0 radical (unpaired) electrons. The van der Waals surface area contributed by atoms with Crippen LogP contribution in [0.5, 0.6) is 5.75 Å². The number of benzene rings is 2. The molecule has 1 saturated heterocycles. The third-order valence-corrected chi connectivity index (χ3v) is 5.95. The minimum atomic E-state index is -0.0846. The number of methoxy groups -OCH3 is 1. The number of hydrogen-bond acceptors (Lipinski definition) is 7. The van der Waals surface area contributed by atoms with Crippen molar-refractivity contribution in [2.45, 2.75) is 0 Å². The van der Waals surface area contributed by atoms with E-state index in [9.17, 15) is 4.79 Å². The van der Waals surface area contributed by atoms with Crippen molar-refractivity contribution in [2.24, 2.45) is 0 Å². The van der Waals surface area contributed by atoms with Gasteiger partial charge in [0.1, 0.15) is 5.75 Å². The van der Waals surface area contributed by atoms with Crippen LogP contribution in [0.2, 0.25) is 0 Å². The molecule has 5 rings (SSSR count). The number of aromatic nitrogens is 3. The molecule has 9 heteroatoms. The van der Waals surface area contributed by atoms with Gasteiger partial charge in [0.15, 0.2) is 5.65 Å². The smallest absolute Gasteiger partial charge is 0.251 e. The molecule has 2 aromatic carbocycles. The number of pyridine rings is 1. The molecule has 2 aromatic heterocycles. The summed E-state index contributed by atoms with van der Waals surface area (Å²) in [6.45, 7) is 4.77. The normalized spacial score (nSPS) is 14.1. The largest absolute Gasteiger partial charge is 0.497 e. The molecule has 0 saturated carbocycles. The predicted molar refractivity (Wildman–Crippen MR) is 134 cm³/mol. The van der Waals surface area contributed by atoms with E-state index in [2.05, 4.69) is 25.6 Å². The van der Waals surface area contributed by atoms with Crippen LogP contribution in [-0.2, 0) is 4.74 Å². The van der Waals surface area contributed by atoms with E-state index in [1.807, 2.05) is 54.6 Å². The molecule has 9 nitrogen and oxygen atoms in total. The molecule has 1 fully saturated rings. The van der Waals surface area contributed by atoms with Gasteiger partial charge in [-0.3, -0.25) is 9.69 Å². The highest BCUT2D eigenvalue weighted by Crippen LogP contribution is 2.25. The number of carbonyl (C=O) groups is 1. The van der Waals surface area contributed by atoms with E-state index >= 15 is 0 Å². The van der Waals surface area contributed by atoms with Crippen molar-refractivity contribution >= 4 is 23.2 Å². The van der Waals surface area contributed by atoms with E-state index in [1.54, 1.807) is 23.8 Å². The second-order valence-electron chi connectivity index (χ2n) is 8.26. The lowest BCUT2D eigenvalue weighted by Gasteiger charge is -2.26. The van der Waals surface area contributed by atoms with Crippen LogP contribution in [0.15, 0.2) is 66.7 Å². The lowest BCUT2D eigenvalue weighted by Crippen LogP contribution is -2.41. The number of amides is 1. The van der Waals surface area contributed by atoms with Crippen LogP contribution < -0.4 is 15.4 Å². The van der Waals surface area contributed by atoms with Gasteiger partial charge >= 0.3 is 0 Å². The molecule has 0 spiro atoms. The molecule has 35 heavy (non-hydrogen) atoms. The first kappa shape index (κ1) is 22.8. The second-order valence-corrected chi connectivity index (χ2v) is 8.26. The van der Waals surface area contributed by atoms with Gasteiger partial charge in [-0.2, -0.15) is 4.98 Å². The lowest BCUT2D eigenvalue weighted by molar-refractivity contribution is 0.0383. The molecule has 1 aliphatic heterocycles. The highest BCUT2D eigenvalue weighted by molar-refractivity contribution is 5.94. The van der Waals surface area contributed by atoms with Gasteiger partial charge in [0.25, 0.3) is 5.91 Å². The number of carbonyl (C=O) groups excluding carboxylic acids is 1. The SMILES string of the molecule is COc1cccc(-c2cccc3nc(Nc4ccc(C(=O)NCCN5CCOCC5)cc4)nn23)c1. The van der Waals surface area contributed by atoms with E-state index in [4.69, 9.17) is 9.47 Å². The van der Waals surface area contributed by atoms with Crippen LogP contribution in [0.1, 0.15) is 10.4 Å². The number of nitrogens with zero attached hydrogens (tertiary/aromatic N) is 4. The minimum Gasteiger partial charge on any atom is -0.497 e. The van der Waals surface area contributed by atoms with Gasteiger partial charge in [-0.05, 0) is 48.5 Å². The zero-order valence-electron chi connectivity index (χ0n) is 19.6. The average Bonchev–Trinajstić information content (AvgIpc) is 3.32. The summed E-state index contributed by atoms with van der Waals surface area (Å²) in [4.78, 5) is 19.4. The maximum atomic E-state index is 12.5. The number of hydrogen-bond donors (Lipinski definition) is 2. The van der Waals surface area contributed by atoms with Crippen LogP contribution in [-0.4, -0.2) is 71.9 Å². The van der Waals surface area contributed by atoms with Crippen LogP contribution in [0, 0.1) is 0 Å². The van der Waals surface area contributed by atoms with Crippen molar-refractivity contribution in [3.8, 4) is 17.0 Å². The second kappa shape index (κ2) is 10.5. The molecule has 0 bridgehead atoms. The Kier molecular flexibility index (Phi) is 6.87. The minimum absolute atomic E-state index is 0.0846. The number of rotatable bonds is 8. The lowest BCUT2D eigenvalue weighted by atomic mass is 10.1. The van der Waals surface area contributed by atoms with Gasteiger partial charge in [0.05, 0.1) is 26.0 Å². The zero-order valence-corrected chi connectivity index (χ0v) is 19.6. The summed E-state index contributed by atoms with van der Waals surface area (Å²) in [6, 6.07) is 21.0. The summed E-state index contributed by atoms with van der Waals surface area (Å²) in [5, 5.41) is 10.9. The van der Waals surface area contributed by atoms with Crippen molar-refractivity contribution in [3.05, 3.63) is 72.3 Å². The Bertz CT molecular complexity index is 1300. The Morgan fingerprint density at radius 3 is 2.66 bits per heavy atom.